The molecule has 140 valence electrons. The molecule has 3 heterocycles. The molecule has 0 spiro atoms. The van der Waals surface area contributed by atoms with Crippen LogP contribution in [0.5, 0.6) is 0 Å². The van der Waals surface area contributed by atoms with Crippen molar-refractivity contribution >= 4 is 18.1 Å². The number of nitrogens with zero attached hydrogens (tertiary/aromatic N) is 3. The highest BCUT2D eigenvalue weighted by Gasteiger charge is 2.27. The standard InChI is InChI=1S/C19H21N5O2S/c20-17(25)14-8-10-22(11-9-14)13-23-19(27)24(15-5-2-1-3-6-15)18(21-23)16-7-4-12-26-16/h1-7,12,14H,8-11,13H2,(H2,20,25)/p+1. The van der Waals surface area contributed by atoms with Gasteiger partial charge in [-0.2, -0.15) is 4.68 Å². The first-order valence-electron chi connectivity index (χ1n) is 9.05. The maximum atomic E-state index is 11.4. The molecule has 0 atom stereocenters. The number of hydrogen-bond donors (Lipinski definition) is 2. The van der Waals surface area contributed by atoms with Crippen LogP contribution in [0.15, 0.2) is 53.1 Å². The topological polar surface area (TPSA) is 83.4 Å². The summed E-state index contributed by atoms with van der Waals surface area (Å²) >= 11 is 5.74. The summed E-state index contributed by atoms with van der Waals surface area (Å²) < 4.78 is 9.98. The zero-order chi connectivity index (χ0) is 18.8. The highest BCUT2D eigenvalue weighted by atomic mass is 32.1. The fourth-order valence-corrected chi connectivity index (χ4v) is 3.86. The Morgan fingerprint density at radius 3 is 2.59 bits per heavy atom. The summed E-state index contributed by atoms with van der Waals surface area (Å²) in [5.41, 5.74) is 6.38. The van der Waals surface area contributed by atoms with E-state index in [4.69, 9.17) is 27.5 Å². The van der Waals surface area contributed by atoms with Crippen molar-refractivity contribution in [2.24, 2.45) is 11.7 Å². The number of nitrogens with two attached hydrogens (primary N) is 1. The van der Waals surface area contributed by atoms with Crippen LogP contribution >= 0.6 is 12.2 Å². The van der Waals surface area contributed by atoms with Crippen LogP contribution in [-0.2, 0) is 11.5 Å². The largest absolute Gasteiger partial charge is 0.461 e. The first-order chi connectivity index (χ1) is 13.1. The van der Waals surface area contributed by atoms with Crippen LogP contribution in [0.3, 0.4) is 0 Å². The van der Waals surface area contributed by atoms with Crippen LogP contribution in [0, 0.1) is 10.7 Å². The quantitative estimate of drug-likeness (QED) is 0.652. The van der Waals surface area contributed by atoms with E-state index in [-0.39, 0.29) is 11.8 Å². The number of piperidine rings is 1. The predicted molar refractivity (Wildman–Crippen MR) is 103 cm³/mol. The number of para-hydroxylation sites is 1. The Kier molecular flexibility index (Phi) is 4.91. The summed E-state index contributed by atoms with van der Waals surface area (Å²) in [6.07, 6.45) is 3.25. The van der Waals surface area contributed by atoms with E-state index in [9.17, 15) is 4.79 Å². The predicted octanol–water partition coefficient (Wildman–Crippen LogP) is 1.40. The summed E-state index contributed by atoms with van der Waals surface area (Å²) in [5.74, 6) is 1.15. The molecule has 4 rings (SSSR count). The second-order valence-electron chi connectivity index (χ2n) is 6.84. The second kappa shape index (κ2) is 7.50. The molecule has 0 saturated carbocycles. The zero-order valence-corrected chi connectivity index (χ0v) is 15.7. The molecule has 2 aromatic heterocycles. The van der Waals surface area contributed by atoms with Crippen LogP contribution in [-0.4, -0.2) is 33.3 Å². The lowest BCUT2D eigenvalue weighted by Gasteiger charge is -2.27. The van der Waals surface area contributed by atoms with Gasteiger partial charge in [0.15, 0.2) is 12.4 Å². The van der Waals surface area contributed by atoms with Crippen LogP contribution in [0.1, 0.15) is 12.8 Å². The van der Waals surface area contributed by atoms with Crippen molar-refractivity contribution in [3.05, 3.63) is 53.5 Å². The molecule has 0 bridgehead atoms. The van der Waals surface area contributed by atoms with Crippen molar-refractivity contribution in [2.75, 3.05) is 13.1 Å². The number of likely N-dealkylation sites (tertiary alicyclic amines) is 1. The minimum absolute atomic E-state index is 0.0118. The zero-order valence-electron chi connectivity index (χ0n) is 14.9. The lowest BCUT2D eigenvalue weighted by molar-refractivity contribution is -0.928. The first-order valence-corrected chi connectivity index (χ1v) is 9.46. The fourth-order valence-electron chi connectivity index (χ4n) is 3.57. The van der Waals surface area contributed by atoms with E-state index < -0.39 is 0 Å². The van der Waals surface area contributed by atoms with E-state index in [2.05, 4.69) is 0 Å². The molecule has 8 heteroatoms. The smallest absolute Gasteiger partial charge is 0.220 e. The highest BCUT2D eigenvalue weighted by Crippen LogP contribution is 2.22. The van der Waals surface area contributed by atoms with Gasteiger partial charge in [-0.3, -0.25) is 9.36 Å². The summed E-state index contributed by atoms with van der Waals surface area (Å²) in [4.78, 5) is 12.7. The molecule has 1 saturated heterocycles. The minimum Gasteiger partial charge on any atom is -0.461 e. The molecular weight excluding hydrogens is 362 g/mol. The highest BCUT2D eigenvalue weighted by molar-refractivity contribution is 7.71. The molecule has 1 amide bonds. The van der Waals surface area contributed by atoms with Crippen LogP contribution in [0.4, 0.5) is 0 Å². The number of amides is 1. The minimum atomic E-state index is -0.195. The average molecular weight is 384 g/mol. The molecule has 1 aromatic carbocycles. The Balaban J connectivity index is 1.65. The molecule has 7 nitrogen and oxygen atoms in total. The number of nitrogens with one attached hydrogen (secondary N) is 1. The van der Waals surface area contributed by atoms with Crippen molar-refractivity contribution < 1.29 is 14.1 Å². The van der Waals surface area contributed by atoms with Gasteiger partial charge in [0, 0.05) is 18.8 Å². The SMILES string of the molecule is NC(=O)C1CC[NH+](Cn2nc(-c3ccco3)n(-c3ccccc3)c2=S)CC1. The number of hydrogen-bond acceptors (Lipinski definition) is 4. The number of primary amides is 1. The van der Waals surface area contributed by atoms with Gasteiger partial charge >= 0.3 is 0 Å². The fraction of sp³-hybridized carbons (Fsp3) is 0.316. The van der Waals surface area contributed by atoms with E-state index >= 15 is 0 Å². The maximum Gasteiger partial charge on any atom is 0.220 e. The molecular formula is C19H22N5O2S+. The van der Waals surface area contributed by atoms with Crippen LogP contribution in [0.2, 0.25) is 0 Å². The molecule has 27 heavy (non-hydrogen) atoms. The third-order valence-electron chi connectivity index (χ3n) is 5.06. The third-order valence-corrected chi connectivity index (χ3v) is 5.46. The van der Waals surface area contributed by atoms with E-state index in [0.717, 1.165) is 31.6 Å². The lowest BCUT2D eigenvalue weighted by atomic mass is 9.97. The summed E-state index contributed by atoms with van der Waals surface area (Å²) in [6, 6.07) is 13.6. The number of aromatic nitrogens is 3. The molecule has 0 unspecified atom stereocenters. The molecule has 0 aliphatic carbocycles. The number of furan rings is 1. The van der Waals surface area contributed by atoms with Gasteiger partial charge in [0.05, 0.1) is 25.0 Å². The normalized spacial score (nSPS) is 19.9. The molecule has 3 N–H and O–H groups in total. The first kappa shape index (κ1) is 17.7. The Morgan fingerprint density at radius 2 is 1.96 bits per heavy atom. The summed E-state index contributed by atoms with van der Waals surface area (Å²) in [6.45, 7) is 2.41. The Hall–Kier alpha value is -2.71. The lowest BCUT2D eigenvalue weighted by Crippen LogP contribution is -3.12. The molecule has 1 fully saturated rings. The van der Waals surface area contributed by atoms with Gasteiger partial charge in [-0.25, -0.2) is 0 Å². The van der Waals surface area contributed by atoms with Crippen molar-refractivity contribution in [1.82, 2.24) is 14.3 Å². The van der Waals surface area contributed by atoms with Gasteiger partial charge in [-0.1, -0.05) is 18.2 Å². The number of benzene rings is 1. The van der Waals surface area contributed by atoms with Crippen molar-refractivity contribution in [3.63, 3.8) is 0 Å². The number of carbonyl (C=O) groups is 1. The van der Waals surface area contributed by atoms with E-state index in [1.54, 1.807) is 6.26 Å². The molecule has 1 aliphatic rings. The van der Waals surface area contributed by atoms with Gasteiger partial charge in [0.2, 0.25) is 16.5 Å². The summed E-state index contributed by atoms with van der Waals surface area (Å²) in [7, 11) is 0. The van der Waals surface area contributed by atoms with Gasteiger partial charge < -0.3 is 15.1 Å². The monoisotopic (exact) mass is 384 g/mol. The van der Waals surface area contributed by atoms with Gasteiger partial charge in [-0.15, -0.1) is 5.10 Å². The van der Waals surface area contributed by atoms with Gasteiger partial charge in [0.25, 0.3) is 0 Å². The molecule has 0 radical (unpaired) electrons. The van der Waals surface area contributed by atoms with E-state index in [1.807, 2.05) is 51.7 Å². The Bertz CT molecular complexity index is 969. The number of rotatable bonds is 5. The van der Waals surface area contributed by atoms with Crippen LogP contribution in [0.25, 0.3) is 17.3 Å². The van der Waals surface area contributed by atoms with Crippen molar-refractivity contribution in [2.45, 2.75) is 19.5 Å². The molecule has 3 aromatic rings. The van der Waals surface area contributed by atoms with Crippen molar-refractivity contribution in [3.8, 4) is 17.3 Å². The number of carbonyl (C=O) groups excluding carboxylic acids is 1. The molecule has 1 aliphatic heterocycles. The third kappa shape index (κ3) is 3.58. The Labute approximate surface area is 162 Å². The van der Waals surface area contributed by atoms with E-state index in [0.29, 0.717) is 23.0 Å². The van der Waals surface area contributed by atoms with Crippen LogP contribution < -0.4 is 10.6 Å². The van der Waals surface area contributed by atoms with E-state index in [1.165, 1.54) is 4.90 Å². The van der Waals surface area contributed by atoms with Gasteiger partial charge in [0.1, 0.15) is 0 Å². The average Bonchev–Trinajstić information content (AvgIpc) is 3.32. The summed E-state index contributed by atoms with van der Waals surface area (Å²) in [5, 5.41) is 4.75. The van der Waals surface area contributed by atoms with Gasteiger partial charge in [-0.05, 0) is 36.5 Å². The Morgan fingerprint density at radius 1 is 1.22 bits per heavy atom. The second-order valence-corrected chi connectivity index (χ2v) is 7.20. The number of quaternary nitrogens is 1. The van der Waals surface area contributed by atoms with Crippen molar-refractivity contribution in [1.29, 1.82) is 0 Å². The maximum absolute atomic E-state index is 11.4.